The highest BCUT2D eigenvalue weighted by Crippen LogP contribution is 2.31. The number of rotatable bonds is 3. The lowest BCUT2D eigenvalue weighted by Gasteiger charge is -2.51. The molecule has 1 aliphatic heterocycles. The van der Waals surface area contributed by atoms with Crippen molar-refractivity contribution in [3.8, 4) is 0 Å². The van der Waals surface area contributed by atoms with Crippen molar-refractivity contribution in [2.75, 3.05) is 0 Å². The fourth-order valence-corrected chi connectivity index (χ4v) is 2.31. The SMILES string of the molecule is CCC(C)N1C(=O)C(C)(C)NC(=O)C1(C)CC. The van der Waals surface area contributed by atoms with Gasteiger partial charge >= 0.3 is 0 Å². The number of carbonyl (C=O) groups excluding carboxylic acids is 2. The third kappa shape index (κ3) is 2.05. The minimum atomic E-state index is -0.796. The van der Waals surface area contributed by atoms with Crippen LogP contribution in [0.5, 0.6) is 0 Å². The van der Waals surface area contributed by atoms with Gasteiger partial charge in [-0.15, -0.1) is 0 Å². The smallest absolute Gasteiger partial charge is 0.248 e. The van der Waals surface area contributed by atoms with E-state index in [2.05, 4.69) is 5.32 Å². The summed E-state index contributed by atoms with van der Waals surface area (Å²) in [6.45, 7) is 11.4. The largest absolute Gasteiger partial charge is 0.340 e. The van der Waals surface area contributed by atoms with Gasteiger partial charge in [-0.2, -0.15) is 0 Å². The van der Waals surface area contributed by atoms with Gasteiger partial charge in [0.25, 0.3) is 0 Å². The highest BCUT2D eigenvalue weighted by molar-refractivity contribution is 6.01. The maximum atomic E-state index is 12.5. The lowest BCUT2D eigenvalue weighted by atomic mass is 9.84. The molecule has 2 amide bonds. The Balaban J connectivity index is 3.23. The van der Waals surface area contributed by atoms with E-state index in [9.17, 15) is 9.59 Å². The third-order valence-electron chi connectivity index (χ3n) is 3.92. The first-order valence-electron chi connectivity index (χ1n) is 6.37. The van der Waals surface area contributed by atoms with Crippen molar-refractivity contribution in [2.45, 2.75) is 71.5 Å². The van der Waals surface area contributed by atoms with Gasteiger partial charge in [0, 0.05) is 6.04 Å². The minimum Gasteiger partial charge on any atom is -0.340 e. The summed E-state index contributed by atoms with van der Waals surface area (Å²) >= 11 is 0. The molecule has 1 heterocycles. The average molecular weight is 240 g/mol. The average Bonchev–Trinajstić information content (AvgIpc) is 2.26. The Morgan fingerprint density at radius 3 is 2.18 bits per heavy atom. The van der Waals surface area contributed by atoms with Gasteiger partial charge in [-0.1, -0.05) is 13.8 Å². The van der Waals surface area contributed by atoms with E-state index in [1.165, 1.54) is 0 Å². The van der Waals surface area contributed by atoms with Crippen LogP contribution in [0.25, 0.3) is 0 Å². The molecular formula is C13H24N2O2. The van der Waals surface area contributed by atoms with Crippen LogP contribution >= 0.6 is 0 Å². The Kier molecular flexibility index (Phi) is 3.55. The summed E-state index contributed by atoms with van der Waals surface area (Å²) in [4.78, 5) is 26.5. The number of hydrogen-bond acceptors (Lipinski definition) is 2. The molecule has 0 aliphatic carbocycles. The molecule has 17 heavy (non-hydrogen) atoms. The zero-order valence-corrected chi connectivity index (χ0v) is 11.8. The Morgan fingerprint density at radius 1 is 1.24 bits per heavy atom. The standard InChI is InChI=1S/C13H24N2O2/c1-7-9(3)15-11(17)12(4,5)14-10(16)13(15,6)8-2/h9H,7-8H2,1-6H3,(H,14,16). The fourth-order valence-electron chi connectivity index (χ4n) is 2.31. The van der Waals surface area contributed by atoms with Gasteiger partial charge in [-0.05, 0) is 40.5 Å². The molecule has 4 nitrogen and oxygen atoms in total. The van der Waals surface area contributed by atoms with Crippen LogP contribution in [-0.2, 0) is 9.59 Å². The summed E-state index contributed by atoms with van der Waals surface area (Å²) < 4.78 is 0. The van der Waals surface area contributed by atoms with Crippen LogP contribution < -0.4 is 5.32 Å². The van der Waals surface area contributed by atoms with E-state index in [-0.39, 0.29) is 17.9 Å². The van der Waals surface area contributed by atoms with Crippen LogP contribution in [0.1, 0.15) is 54.4 Å². The maximum absolute atomic E-state index is 12.5. The zero-order valence-electron chi connectivity index (χ0n) is 11.8. The lowest BCUT2D eigenvalue weighted by Crippen LogP contribution is -2.74. The zero-order chi connectivity index (χ0) is 13.4. The summed E-state index contributed by atoms with van der Waals surface area (Å²) in [5, 5.41) is 2.83. The van der Waals surface area contributed by atoms with Crippen molar-refractivity contribution in [2.24, 2.45) is 0 Å². The summed E-state index contributed by atoms with van der Waals surface area (Å²) in [5.74, 6) is -0.0410. The van der Waals surface area contributed by atoms with Crippen molar-refractivity contribution in [3.63, 3.8) is 0 Å². The van der Waals surface area contributed by atoms with E-state index >= 15 is 0 Å². The predicted molar refractivity (Wildman–Crippen MR) is 67.5 cm³/mol. The molecule has 0 aromatic heterocycles. The van der Waals surface area contributed by atoms with E-state index < -0.39 is 11.1 Å². The second-order valence-electron chi connectivity index (χ2n) is 5.64. The summed E-state index contributed by atoms with van der Waals surface area (Å²) in [6, 6.07) is 0.0813. The number of amides is 2. The molecule has 1 saturated heterocycles. The third-order valence-corrected chi connectivity index (χ3v) is 3.92. The highest BCUT2D eigenvalue weighted by atomic mass is 16.2. The predicted octanol–water partition coefficient (Wildman–Crippen LogP) is 1.69. The van der Waals surface area contributed by atoms with E-state index in [0.29, 0.717) is 6.42 Å². The van der Waals surface area contributed by atoms with Crippen molar-refractivity contribution in [1.29, 1.82) is 0 Å². The molecule has 0 aromatic rings. The summed E-state index contributed by atoms with van der Waals surface area (Å²) in [6.07, 6.45) is 1.48. The maximum Gasteiger partial charge on any atom is 0.248 e. The van der Waals surface area contributed by atoms with Crippen molar-refractivity contribution in [3.05, 3.63) is 0 Å². The Hall–Kier alpha value is -1.06. The van der Waals surface area contributed by atoms with Gasteiger partial charge in [-0.25, -0.2) is 0 Å². The van der Waals surface area contributed by atoms with E-state index in [4.69, 9.17) is 0 Å². The Labute approximate surface area is 104 Å². The van der Waals surface area contributed by atoms with Crippen LogP contribution in [-0.4, -0.2) is 33.8 Å². The summed E-state index contributed by atoms with van der Waals surface area (Å²) in [7, 11) is 0. The van der Waals surface area contributed by atoms with Crippen LogP contribution in [0.2, 0.25) is 0 Å². The van der Waals surface area contributed by atoms with Gasteiger partial charge < -0.3 is 10.2 Å². The fraction of sp³-hybridized carbons (Fsp3) is 0.846. The summed E-state index contributed by atoms with van der Waals surface area (Å²) in [5.41, 5.74) is -1.52. The lowest BCUT2D eigenvalue weighted by molar-refractivity contribution is -0.164. The normalized spacial score (nSPS) is 30.1. The molecule has 0 saturated carbocycles. The monoisotopic (exact) mass is 240 g/mol. The molecule has 2 unspecified atom stereocenters. The molecule has 1 rings (SSSR count). The van der Waals surface area contributed by atoms with Gasteiger partial charge in [0.15, 0.2) is 0 Å². The van der Waals surface area contributed by atoms with E-state index in [0.717, 1.165) is 6.42 Å². The van der Waals surface area contributed by atoms with Crippen LogP contribution in [0.15, 0.2) is 0 Å². The van der Waals surface area contributed by atoms with Gasteiger partial charge in [0.1, 0.15) is 11.1 Å². The molecule has 4 heteroatoms. The molecule has 98 valence electrons. The van der Waals surface area contributed by atoms with Crippen molar-refractivity contribution >= 4 is 11.8 Å². The molecule has 1 N–H and O–H groups in total. The van der Waals surface area contributed by atoms with Crippen LogP contribution in [0.3, 0.4) is 0 Å². The highest BCUT2D eigenvalue weighted by Gasteiger charge is 2.52. The first-order chi connectivity index (χ1) is 7.70. The number of hydrogen-bond donors (Lipinski definition) is 1. The van der Waals surface area contributed by atoms with Crippen LogP contribution in [0.4, 0.5) is 0 Å². The molecule has 0 spiro atoms. The van der Waals surface area contributed by atoms with E-state index in [1.807, 2.05) is 27.7 Å². The Bertz CT molecular complexity index is 338. The van der Waals surface area contributed by atoms with Crippen molar-refractivity contribution in [1.82, 2.24) is 10.2 Å². The van der Waals surface area contributed by atoms with E-state index in [1.54, 1.807) is 18.7 Å². The van der Waals surface area contributed by atoms with Gasteiger partial charge in [0.05, 0.1) is 0 Å². The number of nitrogens with one attached hydrogen (secondary N) is 1. The van der Waals surface area contributed by atoms with Crippen LogP contribution in [0, 0.1) is 0 Å². The Morgan fingerprint density at radius 2 is 1.76 bits per heavy atom. The first-order valence-corrected chi connectivity index (χ1v) is 6.37. The number of nitrogens with zero attached hydrogens (tertiary/aromatic N) is 1. The molecular weight excluding hydrogens is 216 g/mol. The molecule has 2 atom stereocenters. The first kappa shape index (κ1) is 14.0. The number of carbonyl (C=O) groups is 2. The molecule has 1 fully saturated rings. The minimum absolute atomic E-state index is 0.0100. The molecule has 0 radical (unpaired) electrons. The second kappa shape index (κ2) is 4.31. The molecule has 0 bridgehead atoms. The number of piperazine rings is 1. The topological polar surface area (TPSA) is 49.4 Å². The quantitative estimate of drug-likeness (QED) is 0.816. The molecule has 1 aliphatic rings. The van der Waals surface area contributed by atoms with Crippen molar-refractivity contribution < 1.29 is 9.59 Å². The van der Waals surface area contributed by atoms with Gasteiger partial charge in [-0.3, -0.25) is 9.59 Å². The molecule has 0 aromatic carbocycles. The second-order valence-corrected chi connectivity index (χ2v) is 5.64. The van der Waals surface area contributed by atoms with Gasteiger partial charge in [0.2, 0.25) is 11.8 Å².